The van der Waals surface area contributed by atoms with E-state index in [2.05, 4.69) is 0 Å². The van der Waals surface area contributed by atoms with E-state index in [1.54, 1.807) is 11.1 Å². The number of benzene rings is 1. The molecule has 0 unspecified atom stereocenters. The van der Waals surface area contributed by atoms with Gasteiger partial charge in [0.2, 0.25) is 0 Å². The Morgan fingerprint density at radius 1 is 1.06 bits per heavy atom. The van der Waals surface area contributed by atoms with E-state index in [1.165, 1.54) is 12.1 Å². The number of piperazine rings is 1. The minimum atomic E-state index is -4.29. The third-order valence-corrected chi connectivity index (χ3v) is 2.85. The van der Waals surface area contributed by atoms with Gasteiger partial charge in [-0.25, -0.2) is 5.01 Å². The van der Waals surface area contributed by atoms with E-state index in [4.69, 9.17) is 5.84 Å². The van der Waals surface area contributed by atoms with E-state index in [-0.39, 0.29) is 0 Å². The lowest BCUT2D eigenvalue weighted by Crippen LogP contribution is -2.49. The first-order valence-electron chi connectivity index (χ1n) is 5.39. The van der Waals surface area contributed by atoms with Gasteiger partial charge in [0.1, 0.15) is 0 Å². The third kappa shape index (κ3) is 2.89. The van der Waals surface area contributed by atoms with E-state index < -0.39 is 11.7 Å². The summed E-state index contributed by atoms with van der Waals surface area (Å²) >= 11 is 0. The number of halogens is 3. The number of anilines is 1. The van der Waals surface area contributed by atoms with Crippen molar-refractivity contribution in [2.24, 2.45) is 5.84 Å². The Labute approximate surface area is 97.6 Å². The molecule has 0 saturated carbocycles. The maximum atomic E-state index is 12.6. The first-order valence-corrected chi connectivity index (χ1v) is 5.39. The maximum absolute atomic E-state index is 12.6. The summed E-state index contributed by atoms with van der Waals surface area (Å²) in [5.74, 6) is 5.60. The van der Waals surface area contributed by atoms with Crippen LogP contribution in [-0.4, -0.2) is 31.2 Å². The molecule has 0 atom stereocenters. The van der Waals surface area contributed by atoms with Crippen LogP contribution in [0.2, 0.25) is 0 Å². The topological polar surface area (TPSA) is 32.5 Å². The van der Waals surface area contributed by atoms with Gasteiger partial charge in [-0.2, -0.15) is 13.2 Å². The molecule has 1 aliphatic heterocycles. The van der Waals surface area contributed by atoms with Gasteiger partial charge in [0.25, 0.3) is 0 Å². The van der Waals surface area contributed by atoms with Gasteiger partial charge >= 0.3 is 6.18 Å². The van der Waals surface area contributed by atoms with Crippen molar-refractivity contribution in [1.29, 1.82) is 0 Å². The van der Waals surface area contributed by atoms with Gasteiger partial charge in [-0.3, -0.25) is 5.84 Å². The van der Waals surface area contributed by atoms with Crippen LogP contribution < -0.4 is 10.7 Å². The lowest BCUT2D eigenvalue weighted by atomic mass is 10.1. The molecule has 0 spiro atoms. The van der Waals surface area contributed by atoms with Crippen LogP contribution in [0.1, 0.15) is 5.56 Å². The highest BCUT2D eigenvalue weighted by Gasteiger charge is 2.31. The summed E-state index contributed by atoms with van der Waals surface area (Å²) in [4.78, 5) is 1.92. The highest BCUT2D eigenvalue weighted by molar-refractivity contribution is 5.49. The summed E-state index contributed by atoms with van der Waals surface area (Å²) in [7, 11) is 0. The molecule has 6 heteroatoms. The fourth-order valence-electron chi connectivity index (χ4n) is 1.86. The zero-order valence-electron chi connectivity index (χ0n) is 9.24. The van der Waals surface area contributed by atoms with Gasteiger partial charge in [-0.05, 0) is 18.2 Å². The summed E-state index contributed by atoms with van der Waals surface area (Å²) in [6.45, 7) is 2.63. The molecule has 0 bridgehead atoms. The highest BCUT2D eigenvalue weighted by Crippen LogP contribution is 2.31. The zero-order valence-corrected chi connectivity index (χ0v) is 9.24. The Morgan fingerprint density at radius 2 is 1.71 bits per heavy atom. The van der Waals surface area contributed by atoms with Crippen molar-refractivity contribution in [3.8, 4) is 0 Å². The van der Waals surface area contributed by atoms with E-state index >= 15 is 0 Å². The molecule has 2 N–H and O–H groups in total. The molecule has 0 aliphatic carbocycles. The van der Waals surface area contributed by atoms with Crippen LogP contribution in [0.25, 0.3) is 0 Å². The first kappa shape index (κ1) is 12.2. The molecule has 0 amide bonds. The molecule has 0 radical (unpaired) electrons. The lowest BCUT2D eigenvalue weighted by molar-refractivity contribution is -0.137. The van der Waals surface area contributed by atoms with E-state index in [9.17, 15) is 13.2 Å². The van der Waals surface area contributed by atoms with Crippen LogP contribution in [0.5, 0.6) is 0 Å². The second-order valence-electron chi connectivity index (χ2n) is 4.07. The minimum absolute atomic E-state index is 0.605. The van der Waals surface area contributed by atoms with Crippen molar-refractivity contribution in [3.63, 3.8) is 0 Å². The molecule has 17 heavy (non-hydrogen) atoms. The fourth-order valence-corrected chi connectivity index (χ4v) is 1.86. The number of alkyl halides is 3. The normalized spacial score (nSPS) is 18.5. The lowest BCUT2D eigenvalue weighted by Gasteiger charge is -2.33. The average molecular weight is 245 g/mol. The maximum Gasteiger partial charge on any atom is 0.416 e. The molecule has 1 saturated heterocycles. The number of hydrogen-bond acceptors (Lipinski definition) is 3. The molecule has 1 aliphatic rings. The van der Waals surface area contributed by atoms with Gasteiger partial charge in [0.15, 0.2) is 0 Å². The molecule has 1 aromatic rings. The summed E-state index contributed by atoms with van der Waals surface area (Å²) in [6, 6.07) is 5.41. The summed E-state index contributed by atoms with van der Waals surface area (Å²) in [6.07, 6.45) is -4.29. The Hall–Kier alpha value is -1.27. The van der Waals surface area contributed by atoms with Crippen LogP contribution in [0.4, 0.5) is 18.9 Å². The van der Waals surface area contributed by atoms with Crippen molar-refractivity contribution in [1.82, 2.24) is 5.01 Å². The molecule has 94 valence electrons. The second kappa shape index (κ2) is 4.54. The number of nitrogens with zero attached hydrogens (tertiary/aromatic N) is 2. The summed E-state index contributed by atoms with van der Waals surface area (Å²) < 4.78 is 37.7. The number of hydrogen-bond donors (Lipinski definition) is 1. The first-order chi connectivity index (χ1) is 7.97. The van der Waals surface area contributed by atoms with Crippen LogP contribution in [0.15, 0.2) is 24.3 Å². The zero-order chi connectivity index (χ0) is 12.5. The van der Waals surface area contributed by atoms with Crippen LogP contribution in [-0.2, 0) is 6.18 Å². The average Bonchev–Trinajstić information content (AvgIpc) is 2.29. The summed E-state index contributed by atoms with van der Waals surface area (Å²) in [5, 5.41) is 1.67. The largest absolute Gasteiger partial charge is 0.416 e. The van der Waals surface area contributed by atoms with E-state index in [1.807, 2.05) is 4.90 Å². The molecular weight excluding hydrogens is 231 g/mol. The monoisotopic (exact) mass is 245 g/mol. The fraction of sp³-hybridized carbons (Fsp3) is 0.455. The van der Waals surface area contributed by atoms with Crippen LogP contribution >= 0.6 is 0 Å². The van der Waals surface area contributed by atoms with Crippen molar-refractivity contribution >= 4 is 5.69 Å². The molecule has 1 heterocycles. The third-order valence-electron chi connectivity index (χ3n) is 2.85. The molecular formula is C11H14F3N3. The van der Waals surface area contributed by atoms with Gasteiger partial charge in [-0.15, -0.1) is 0 Å². The predicted molar refractivity (Wildman–Crippen MR) is 59.4 cm³/mol. The van der Waals surface area contributed by atoms with E-state index in [0.717, 1.165) is 6.07 Å². The quantitative estimate of drug-likeness (QED) is 0.764. The van der Waals surface area contributed by atoms with Crippen LogP contribution in [0.3, 0.4) is 0 Å². The van der Waals surface area contributed by atoms with Crippen molar-refractivity contribution in [2.45, 2.75) is 6.18 Å². The van der Waals surface area contributed by atoms with Crippen LogP contribution in [0, 0.1) is 0 Å². The Morgan fingerprint density at radius 3 is 2.29 bits per heavy atom. The van der Waals surface area contributed by atoms with Gasteiger partial charge in [-0.1, -0.05) is 6.07 Å². The van der Waals surface area contributed by atoms with Gasteiger partial charge in [0, 0.05) is 31.9 Å². The van der Waals surface area contributed by atoms with Crippen molar-refractivity contribution in [3.05, 3.63) is 29.8 Å². The Kier molecular flexibility index (Phi) is 3.26. The smallest absolute Gasteiger partial charge is 0.369 e. The van der Waals surface area contributed by atoms with Crippen molar-refractivity contribution in [2.75, 3.05) is 31.1 Å². The second-order valence-corrected chi connectivity index (χ2v) is 4.07. The SMILES string of the molecule is NN1CCN(c2cccc(C(F)(F)F)c2)CC1. The standard InChI is InChI=1S/C11H14F3N3/c12-11(13,14)9-2-1-3-10(8-9)16-4-6-17(15)7-5-16/h1-3,8H,4-7,15H2. The Balaban J connectivity index is 2.16. The highest BCUT2D eigenvalue weighted by atomic mass is 19.4. The number of nitrogens with two attached hydrogens (primary N) is 1. The minimum Gasteiger partial charge on any atom is -0.369 e. The molecule has 2 rings (SSSR count). The molecule has 3 nitrogen and oxygen atoms in total. The predicted octanol–water partition coefficient (Wildman–Crippen LogP) is 1.70. The number of rotatable bonds is 1. The van der Waals surface area contributed by atoms with Gasteiger partial charge < -0.3 is 4.90 Å². The molecule has 0 aromatic heterocycles. The molecule has 1 aromatic carbocycles. The Bertz CT molecular complexity index is 384. The van der Waals surface area contributed by atoms with E-state index in [0.29, 0.717) is 31.9 Å². The summed E-state index contributed by atoms with van der Waals surface area (Å²) in [5.41, 5.74) is -0.00176. The molecule has 1 fully saturated rings. The van der Waals surface area contributed by atoms with Gasteiger partial charge in [0.05, 0.1) is 5.56 Å². The number of hydrazine groups is 1. The van der Waals surface area contributed by atoms with Crippen molar-refractivity contribution < 1.29 is 13.2 Å².